The van der Waals surface area contributed by atoms with Crippen molar-refractivity contribution in [1.82, 2.24) is 4.72 Å². The third kappa shape index (κ3) is 4.19. The van der Waals surface area contributed by atoms with Crippen LogP contribution in [-0.2, 0) is 19.6 Å². The van der Waals surface area contributed by atoms with E-state index >= 15 is 0 Å². The van der Waals surface area contributed by atoms with Crippen LogP contribution in [0.3, 0.4) is 0 Å². The Morgan fingerprint density at radius 2 is 1.79 bits per heavy atom. The van der Waals surface area contributed by atoms with Crippen LogP contribution >= 0.6 is 0 Å². The minimum atomic E-state index is -3.96. The Labute approximate surface area is 140 Å². The largest absolute Gasteiger partial charge is 0.465 e. The highest BCUT2D eigenvalue weighted by atomic mass is 32.2. The number of sulfonamides is 1. The van der Waals surface area contributed by atoms with Gasteiger partial charge in [0.05, 0.1) is 23.1 Å². The molecule has 6 nitrogen and oxygen atoms in total. The van der Waals surface area contributed by atoms with Crippen molar-refractivity contribution in [1.29, 1.82) is 5.26 Å². The number of carbonyl (C=O) groups is 1. The third-order valence-electron chi connectivity index (χ3n) is 3.22. The molecule has 0 aliphatic rings. The van der Waals surface area contributed by atoms with Gasteiger partial charge >= 0.3 is 5.97 Å². The Balaban J connectivity index is 2.33. The van der Waals surface area contributed by atoms with E-state index < -0.39 is 22.0 Å². The van der Waals surface area contributed by atoms with E-state index in [4.69, 9.17) is 10.00 Å². The van der Waals surface area contributed by atoms with Gasteiger partial charge in [-0.25, -0.2) is 13.2 Å². The number of nitrogens with zero attached hydrogens (tertiary/aromatic N) is 1. The lowest BCUT2D eigenvalue weighted by Crippen LogP contribution is -2.35. The standard InChI is InChI=1S/C17H16N2O4S/c1-2-23-17(20)16(14-6-4-3-5-7-14)19-24(21,22)15-10-8-13(12-18)9-11-15/h3-11,16,19H,2H2,1H3. The smallest absolute Gasteiger partial charge is 0.328 e. The molecule has 0 aliphatic heterocycles. The molecule has 2 rings (SSSR count). The zero-order chi connectivity index (χ0) is 17.6. The van der Waals surface area contributed by atoms with Crippen molar-refractivity contribution in [2.75, 3.05) is 6.61 Å². The van der Waals surface area contributed by atoms with Gasteiger partial charge in [-0.2, -0.15) is 9.98 Å². The summed E-state index contributed by atoms with van der Waals surface area (Å²) in [5, 5.41) is 8.78. The molecule has 0 aromatic heterocycles. The van der Waals surface area contributed by atoms with Crippen LogP contribution in [-0.4, -0.2) is 21.0 Å². The molecule has 0 aliphatic carbocycles. The molecule has 2 aromatic carbocycles. The first-order valence-corrected chi connectivity index (χ1v) is 8.70. The molecule has 1 unspecified atom stereocenters. The summed E-state index contributed by atoms with van der Waals surface area (Å²) in [5.41, 5.74) is 0.826. The van der Waals surface area contributed by atoms with E-state index in [-0.39, 0.29) is 11.5 Å². The van der Waals surface area contributed by atoms with Gasteiger partial charge in [0.25, 0.3) is 0 Å². The first-order chi connectivity index (χ1) is 11.5. The van der Waals surface area contributed by atoms with Crippen molar-refractivity contribution in [3.8, 4) is 6.07 Å². The van der Waals surface area contributed by atoms with Gasteiger partial charge in [0.2, 0.25) is 10.0 Å². The normalized spacial score (nSPS) is 12.2. The van der Waals surface area contributed by atoms with Gasteiger partial charge < -0.3 is 4.74 Å². The monoisotopic (exact) mass is 344 g/mol. The zero-order valence-corrected chi connectivity index (χ0v) is 13.8. The van der Waals surface area contributed by atoms with Crippen LogP contribution in [0.1, 0.15) is 24.1 Å². The van der Waals surface area contributed by atoms with Crippen LogP contribution in [0.15, 0.2) is 59.5 Å². The number of hydrogen-bond acceptors (Lipinski definition) is 5. The second-order valence-corrected chi connectivity index (χ2v) is 6.57. The Bertz CT molecular complexity index is 840. The van der Waals surface area contributed by atoms with Gasteiger partial charge in [-0.3, -0.25) is 0 Å². The topological polar surface area (TPSA) is 96.3 Å². The first-order valence-electron chi connectivity index (χ1n) is 7.22. The summed E-state index contributed by atoms with van der Waals surface area (Å²) in [4.78, 5) is 12.1. The molecule has 0 amide bonds. The Hall–Kier alpha value is -2.69. The van der Waals surface area contributed by atoms with Crippen molar-refractivity contribution in [3.63, 3.8) is 0 Å². The van der Waals surface area contributed by atoms with Crippen LogP contribution in [0.25, 0.3) is 0 Å². The second kappa shape index (κ2) is 7.73. The van der Waals surface area contributed by atoms with Crippen LogP contribution in [0.4, 0.5) is 0 Å². The van der Waals surface area contributed by atoms with Gasteiger partial charge in [-0.1, -0.05) is 30.3 Å². The lowest BCUT2D eigenvalue weighted by atomic mass is 10.1. The highest BCUT2D eigenvalue weighted by molar-refractivity contribution is 7.89. The fourth-order valence-corrected chi connectivity index (χ4v) is 3.23. The highest BCUT2D eigenvalue weighted by Gasteiger charge is 2.28. The highest BCUT2D eigenvalue weighted by Crippen LogP contribution is 2.19. The van der Waals surface area contributed by atoms with E-state index in [1.807, 2.05) is 6.07 Å². The molecule has 0 spiro atoms. The summed E-state index contributed by atoms with van der Waals surface area (Å²) in [6.45, 7) is 1.79. The quantitative estimate of drug-likeness (QED) is 0.810. The summed E-state index contributed by atoms with van der Waals surface area (Å²) in [5.74, 6) is -0.680. The number of esters is 1. The van der Waals surface area contributed by atoms with Crippen molar-refractivity contribution < 1.29 is 17.9 Å². The van der Waals surface area contributed by atoms with Crippen LogP contribution < -0.4 is 4.72 Å². The van der Waals surface area contributed by atoms with Crippen molar-refractivity contribution in [2.24, 2.45) is 0 Å². The van der Waals surface area contributed by atoms with E-state index in [2.05, 4.69) is 4.72 Å². The molecule has 0 fully saturated rings. The number of hydrogen-bond donors (Lipinski definition) is 1. The van der Waals surface area contributed by atoms with E-state index in [1.165, 1.54) is 24.3 Å². The molecular formula is C17H16N2O4S. The van der Waals surface area contributed by atoms with Crippen molar-refractivity contribution in [2.45, 2.75) is 17.9 Å². The third-order valence-corrected chi connectivity index (χ3v) is 4.66. The Morgan fingerprint density at radius 3 is 2.33 bits per heavy atom. The van der Waals surface area contributed by atoms with Gasteiger partial charge in [0.1, 0.15) is 6.04 Å². The number of rotatable bonds is 6. The average molecular weight is 344 g/mol. The van der Waals surface area contributed by atoms with Gasteiger partial charge in [-0.05, 0) is 36.8 Å². The van der Waals surface area contributed by atoms with Gasteiger partial charge in [0.15, 0.2) is 0 Å². The first kappa shape index (κ1) is 17.7. The zero-order valence-electron chi connectivity index (χ0n) is 13.0. The molecule has 0 heterocycles. The molecule has 24 heavy (non-hydrogen) atoms. The minimum absolute atomic E-state index is 0.0354. The lowest BCUT2D eigenvalue weighted by Gasteiger charge is -2.17. The van der Waals surface area contributed by atoms with Gasteiger partial charge in [-0.15, -0.1) is 0 Å². The molecular weight excluding hydrogens is 328 g/mol. The molecule has 0 bridgehead atoms. The maximum absolute atomic E-state index is 12.5. The lowest BCUT2D eigenvalue weighted by molar-refractivity contribution is -0.145. The molecule has 7 heteroatoms. The number of nitriles is 1. The maximum Gasteiger partial charge on any atom is 0.328 e. The molecule has 1 atom stereocenters. The van der Waals surface area contributed by atoms with E-state index in [1.54, 1.807) is 37.3 Å². The molecule has 0 saturated heterocycles. The van der Waals surface area contributed by atoms with E-state index in [0.29, 0.717) is 11.1 Å². The van der Waals surface area contributed by atoms with Crippen molar-refractivity contribution in [3.05, 3.63) is 65.7 Å². The SMILES string of the molecule is CCOC(=O)C(NS(=O)(=O)c1ccc(C#N)cc1)c1ccccc1. The molecule has 0 radical (unpaired) electrons. The predicted octanol–water partition coefficient (Wildman–Crippen LogP) is 2.14. The fraction of sp³-hybridized carbons (Fsp3) is 0.176. The summed E-state index contributed by atoms with van der Waals surface area (Å²) in [6, 6.07) is 14.7. The summed E-state index contributed by atoms with van der Waals surface area (Å²) in [6.07, 6.45) is 0. The van der Waals surface area contributed by atoms with Crippen molar-refractivity contribution >= 4 is 16.0 Å². The minimum Gasteiger partial charge on any atom is -0.465 e. The van der Waals surface area contributed by atoms with Gasteiger partial charge in [0, 0.05) is 0 Å². The fourth-order valence-electron chi connectivity index (χ4n) is 2.06. The Kier molecular flexibility index (Phi) is 5.68. The number of benzene rings is 2. The molecule has 124 valence electrons. The Morgan fingerprint density at radius 1 is 1.17 bits per heavy atom. The molecule has 2 aromatic rings. The summed E-state index contributed by atoms with van der Waals surface area (Å²) < 4.78 is 32.4. The number of nitrogens with one attached hydrogen (secondary N) is 1. The average Bonchev–Trinajstić information content (AvgIpc) is 2.60. The van der Waals surface area contributed by atoms with E-state index in [0.717, 1.165) is 0 Å². The predicted molar refractivity (Wildman–Crippen MR) is 87.3 cm³/mol. The molecule has 1 N–H and O–H groups in total. The summed E-state index contributed by atoms with van der Waals surface area (Å²) in [7, 11) is -3.96. The second-order valence-electron chi connectivity index (χ2n) is 4.85. The number of ether oxygens (including phenoxy) is 1. The maximum atomic E-state index is 12.5. The molecule has 0 saturated carbocycles. The summed E-state index contributed by atoms with van der Waals surface area (Å²) >= 11 is 0. The van der Waals surface area contributed by atoms with Crippen LogP contribution in [0.5, 0.6) is 0 Å². The van der Waals surface area contributed by atoms with Crippen LogP contribution in [0.2, 0.25) is 0 Å². The van der Waals surface area contributed by atoms with E-state index in [9.17, 15) is 13.2 Å². The van der Waals surface area contributed by atoms with Crippen LogP contribution in [0, 0.1) is 11.3 Å². The number of carbonyl (C=O) groups excluding carboxylic acids is 1.